The predicted octanol–water partition coefficient (Wildman–Crippen LogP) is 3.62. The molecule has 0 spiro atoms. The number of likely N-dealkylation sites (tertiary alicyclic amines) is 1. The SMILES string of the molecule is O=C(c1ccc(NS(=O)(=O)c2cccc3scnc23)cc1)N1CCC(O)(C2CCC(O)CC2)CC1. The quantitative estimate of drug-likeness (QED) is 0.478. The van der Waals surface area contributed by atoms with Gasteiger partial charge in [-0.15, -0.1) is 11.3 Å². The smallest absolute Gasteiger partial charge is 0.264 e. The van der Waals surface area contributed by atoms with E-state index in [1.54, 1.807) is 40.7 Å². The number of carbonyl (C=O) groups excluding carboxylic acids is 1. The molecule has 8 nitrogen and oxygen atoms in total. The number of thiazole rings is 1. The first kappa shape index (κ1) is 24.2. The zero-order valence-electron chi connectivity index (χ0n) is 19.3. The molecule has 3 N–H and O–H groups in total. The fourth-order valence-corrected chi connectivity index (χ4v) is 7.27. The van der Waals surface area contributed by atoms with Crippen molar-refractivity contribution < 1.29 is 23.4 Å². The molecular formula is C25H29N3O5S2. The number of aromatic nitrogens is 1. The molecule has 35 heavy (non-hydrogen) atoms. The topological polar surface area (TPSA) is 120 Å². The molecule has 0 bridgehead atoms. The van der Waals surface area contributed by atoms with Crippen molar-refractivity contribution in [1.29, 1.82) is 0 Å². The number of fused-ring (bicyclic) bond motifs is 1. The van der Waals surface area contributed by atoms with Crippen molar-refractivity contribution in [3.05, 3.63) is 53.5 Å². The zero-order valence-corrected chi connectivity index (χ0v) is 20.9. The number of nitrogens with zero attached hydrogens (tertiary/aromatic N) is 2. The number of sulfonamides is 1. The molecule has 5 rings (SSSR count). The number of anilines is 1. The van der Waals surface area contributed by atoms with Gasteiger partial charge in [0.1, 0.15) is 10.4 Å². The number of amides is 1. The molecule has 2 aliphatic rings. The van der Waals surface area contributed by atoms with Crippen LogP contribution in [0.3, 0.4) is 0 Å². The van der Waals surface area contributed by atoms with E-state index in [1.807, 2.05) is 6.07 Å². The van der Waals surface area contributed by atoms with Gasteiger partial charge < -0.3 is 15.1 Å². The van der Waals surface area contributed by atoms with Gasteiger partial charge in [-0.2, -0.15) is 0 Å². The fourth-order valence-electron chi connectivity index (χ4n) is 5.27. The lowest BCUT2D eigenvalue weighted by atomic mass is 9.71. The molecule has 1 saturated heterocycles. The van der Waals surface area contributed by atoms with E-state index in [2.05, 4.69) is 9.71 Å². The highest BCUT2D eigenvalue weighted by molar-refractivity contribution is 7.93. The number of benzene rings is 2. The number of aliphatic hydroxyl groups excluding tert-OH is 1. The van der Waals surface area contributed by atoms with E-state index in [9.17, 15) is 23.4 Å². The lowest BCUT2D eigenvalue weighted by Gasteiger charge is -2.45. The van der Waals surface area contributed by atoms with E-state index >= 15 is 0 Å². The van der Waals surface area contributed by atoms with Gasteiger partial charge in [0.05, 0.1) is 21.9 Å². The standard InChI is InChI=1S/C25H29N3O5S2/c29-20-10-6-18(7-11-20)25(31)12-14-28(15-13-25)24(30)17-4-8-19(9-5-17)27-35(32,33)22-3-1-2-21-23(22)26-16-34-21/h1-5,8-9,16,18,20,27,29,31H,6-7,10-15H2. The maximum Gasteiger partial charge on any atom is 0.264 e. The molecule has 1 aromatic heterocycles. The summed E-state index contributed by atoms with van der Waals surface area (Å²) in [4.78, 5) is 19.1. The van der Waals surface area contributed by atoms with Crippen LogP contribution in [0.15, 0.2) is 52.9 Å². The van der Waals surface area contributed by atoms with Crippen LogP contribution in [0.1, 0.15) is 48.9 Å². The van der Waals surface area contributed by atoms with Gasteiger partial charge in [0.15, 0.2) is 0 Å². The van der Waals surface area contributed by atoms with Crippen molar-refractivity contribution in [2.45, 2.75) is 55.1 Å². The van der Waals surface area contributed by atoms with Crippen LogP contribution >= 0.6 is 11.3 Å². The van der Waals surface area contributed by atoms with Gasteiger partial charge in [-0.25, -0.2) is 13.4 Å². The van der Waals surface area contributed by atoms with Gasteiger partial charge in [0, 0.05) is 24.3 Å². The first-order chi connectivity index (χ1) is 16.7. The average Bonchev–Trinajstić information content (AvgIpc) is 3.34. The van der Waals surface area contributed by atoms with E-state index in [4.69, 9.17) is 0 Å². The molecule has 1 amide bonds. The number of rotatable bonds is 5. The Morgan fingerprint density at radius 1 is 1.06 bits per heavy atom. The fraction of sp³-hybridized carbons (Fsp3) is 0.440. The Hall–Kier alpha value is -2.53. The normalized spacial score (nSPS) is 22.7. The summed E-state index contributed by atoms with van der Waals surface area (Å²) in [6.07, 6.45) is 3.89. The monoisotopic (exact) mass is 515 g/mol. The number of piperidine rings is 1. The first-order valence-corrected chi connectivity index (χ1v) is 14.3. The lowest BCUT2D eigenvalue weighted by Crippen LogP contribution is -2.51. The second-order valence-electron chi connectivity index (χ2n) is 9.54. The predicted molar refractivity (Wildman–Crippen MR) is 135 cm³/mol. The second kappa shape index (κ2) is 9.50. The van der Waals surface area contributed by atoms with Crippen LogP contribution in [0.5, 0.6) is 0 Å². The molecular weight excluding hydrogens is 486 g/mol. The minimum atomic E-state index is -3.84. The summed E-state index contributed by atoms with van der Waals surface area (Å²) in [5.74, 6) is 0.0401. The van der Waals surface area contributed by atoms with Crippen molar-refractivity contribution in [3.8, 4) is 0 Å². The van der Waals surface area contributed by atoms with Gasteiger partial charge in [0.25, 0.3) is 15.9 Å². The van der Waals surface area contributed by atoms with Crippen molar-refractivity contribution in [3.63, 3.8) is 0 Å². The van der Waals surface area contributed by atoms with Gasteiger partial charge in [-0.3, -0.25) is 9.52 Å². The summed E-state index contributed by atoms with van der Waals surface area (Å²) in [6, 6.07) is 11.4. The summed E-state index contributed by atoms with van der Waals surface area (Å²) in [6.45, 7) is 0.945. The second-order valence-corrected chi connectivity index (χ2v) is 12.1. The highest BCUT2D eigenvalue weighted by Crippen LogP contribution is 2.39. The molecule has 2 aromatic carbocycles. The molecule has 2 heterocycles. The number of hydrogen-bond donors (Lipinski definition) is 3. The van der Waals surface area contributed by atoms with E-state index in [-0.39, 0.29) is 22.8 Å². The Kier molecular flexibility index (Phi) is 6.56. The summed E-state index contributed by atoms with van der Waals surface area (Å²) in [5.41, 5.74) is 2.11. The largest absolute Gasteiger partial charge is 0.393 e. The van der Waals surface area contributed by atoms with Crippen molar-refractivity contribution in [2.75, 3.05) is 17.8 Å². The molecule has 2 fully saturated rings. The van der Waals surface area contributed by atoms with Crippen LogP contribution in [0.2, 0.25) is 0 Å². The van der Waals surface area contributed by atoms with Crippen molar-refractivity contribution in [1.82, 2.24) is 9.88 Å². The van der Waals surface area contributed by atoms with Crippen LogP contribution in [-0.4, -0.2) is 59.2 Å². The van der Waals surface area contributed by atoms with Crippen molar-refractivity contribution in [2.24, 2.45) is 5.92 Å². The Morgan fingerprint density at radius 3 is 2.43 bits per heavy atom. The summed E-state index contributed by atoms with van der Waals surface area (Å²) < 4.78 is 29.2. The summed E-state index contributed by atoms with van der Waals surface area (Å²) >= 11 is 1.38. The molecule has 0 radical (unpaired) electrons. The molecule has 1 aliphatic heterocycles. The van der Waals surface area contributed by atoms with E-state index in [1.165, 1.54) is 17.4 Å². The third kappa shape index (κ3) is 4.93. The first-order valence-electron chi connectivity index (χ1n) is 11.9. The highest BCUT2D eigenvalue weighted by Gasteiger charge is 2.41. The number of hydrogen-bond acceptors (Lipinski definition) is 7. The highest BCUT2D eigenvalue weighted by atomic mass is 32.2. The Balaban J connectivity index is 1.22. The van der Waals surface area contributed by atoms with E-state index in [0.717, 1.165) is 30.4 Å². The minimum absolute atomic E-state index is 0.115. The van der Waals surface area contributed by atoms with Crippen LogP contribution in [0, 0.1) is 5.92 Å². The summed E-state index contributed by atoms with van der Waals surface area (Å²) in [7, 11) is -3.84. The molecule has 1 saturated carbocycles. The lowest BCUT2D eigenvalue weighted by molar-refractivity contribution is -0.0813. The average molecular weight is 516 g/mol. The molecule has 10 heteroatoms. The zero-order chi connectivity index (χ0) is 24.6. The van der Waals surface area contributed by atoms with Crippen molar-refractivity contribution >= 4 is 43.2 Å². The molecule has 186 valence electrons. The third-order valence-corrected chi connectivity index (χ3v) is 9.58. The van der Waals surface area contributed by atoms with E-state index < -0.39 is 15.6 Å². The van der Waals surface area contributed by atoms with Gasteiger partial charge in [-0.05, 0) is 80.8 Å². The van der Waals surface area contributed by atoms with Crippen LogP contribution in [0.25, 0.3) is 10.2 Å². The number of carbonyl (C=O) groups is 1. The van der Waals surface area contributed by atoms with E-state index in [0.29, 0.717) is 42.7 Å². The Labute approximate surface area is 208 Å². The van der Waals surface area contributed by atoms with Gasteiger partial charge in [0.2, 0.25) is 0 Å². The minimum Gasteiger partial charge on any atom is -0.393 e. The van der Waals surface area contributed by atoms with Gasteiger partial charge in [-0.1, -0.05) is 6.07 Å². The summed E-state index contributed by atoms with van der Waals surface area (Å²) in [5, 5.41) is 20.9. The maximum absolute atomic E-state index is 13.0. The Bertz CT molecular complexity index is 1310. The maximum atomic E-state index is 13.0. The van der Waals surface area contributed by atoms with Crippen LogP contribution in [-0.2, 0) is 10.0 Å². The number of aliphatic hydroxyl groups is 2. The van der Waals surface area contributed by atoms with Crippen LogP contribution in [0.4, 0.5) is 5.69 Å². The Morgan fingerprint density at radius 2 is 1.74 bits per heavy atom. The molecule has 1 aliphatic carbocycles. The van der Waals surface area contributed by atoms with Crippen LogP contribution < -0.4 is 4.72 Å². The molecule has 3 aromatic rings. The van der Waals surface area contributed by atoms with Gasteiger partial charge >= 0.3 is 0 Å². The number of para-hydroxylation sites is 1. The third-order valence-electron chi connectivity index (χ3n) is 7.37. The number of nitrogens with one attached hydrogen (secondary N) is 1. The molecule has 0 unspecified atom stereocenters. The molecule has 0 atom stereocenters.